The average Bonchev–Trinajstić information content (AvgIpc) is 4.02. The van der Waals surface area contributed by atoms with Gasteiger partial charge in [-0.1, -0.05) is 97.1 Å². The smallest absolute Gasteiger partial charge is 0.178 e. The molecule has 2 aliphatic rings. The number of aryl methyl sites for hydroxylation is 2. The summed E-state index contributed by atoms with van der Waals surface area (Å²) in [4.78, 5) is 17.9. The Balaban J connectivity index is 1.42. The monoisotopic (exact) mass is 674 g/mol. The number of para-hydroxylation sites is 2. The van der Waals surface area contributed by atoms with Gasteiger partial charge in [-0.05, 0) is 96.8 Å². The molecule has 4 aromatic carbocycles. The average molecular weight is 675 g/mol. The van der Waals surface area contributed by atoms with Crippen LogP contribution in [0.5, 0.6) is 23.0 Å². The highest BCUT2D eigenvalue weighted by atomic mass is 16.5. The van der Waals surface area contributed by atoms with E-state index in [2.05, 4.69) is 71.5 Å². The molecule has 8 bridgehead atoms. The van der Waals surface area contributed by atoms with Crippen molar-refractivity contribution in [3.05, 3.63) is 167 Å². The van der Waals surface area contributed by atoms with E-state index in [4.69, 9.17) is 19.4 Å². The third-order valence-electron chi connectivity index (χ3n) is 9.39. The van der Waals surface area contributed by atoms with Gasteiger partial charge < -0.3 is 19.4 Å². The molecular weight excluding hydrogens is 641 g/mol. The van der Waals surface area contributed by atoms with E-state index in [0.717, 1.165) is 78.3 Å². The third kappa shape index (κ3) is 5.76. The van der Waals surface area contributed by atoms with Crippen molar-refractivity contribution in [2.45, 2.75) is 13.8 Å². The zero-order valence-corrected chi connectivity index (χ0v) is 28.7. The van der Waals surface area contributed by atoms with Gasteiger partial charge >= 0.3 is 0 Å². The molecule has 0 atom stereocenters. The van der Waals surface area contributed by atoms with Gasteiger partial charge in [-0.15, -0.1) is 0 Å². The SMILES string of the molecule is Cc1ccccc1Oc1c2nc(c(-c3ccccc3)c3ccc([nH]3)c(Oc3ccccc3C)c3ccc([nH]3)c(-c3ccccc3)c3nc1C=C3)C=C2. The van der Waals surface area contributed by atoms with Crippen LogP contribution in [-0.2, 0) is 0 Å². The molecule has 5 heterocycles. The fourth-order valence-corrected chi connectivity index (χ4v) is 6.75. The second-order valence-corrected chi connectivity index (χ2v) is 12.9. The van der Waals surface area contributed by atoms with Crippen molar-refractivity contribution in [3.63, 3.8) is 0 Å². The maximum Gasteiger partial charge on any atom is 0.178 e. The number of rotatable bonds is 6. The maximum absolute atomic E-state index is 6.79. The lowest BCUT2D eigenvalue weighted by Crippen LogP contribution is -1.94. The van der Waals surface area contributed by atoms with Crippen molar-refractivity contribution in [2.24, 2.45) is 0 Å². The number of aromatic nitrogens is 4. The van der Waals surface area contributed by atoms with Gasteiger partial charge in [0.15, 0.2) is 11.5 Å². The highest BCUT2D eigenvalue weighted by molar-refractivity contribution is 5.95. The van der Waals surface area contributed by atoms with Crippen LogP contribution in [-0.4, -0.2) is 19.9 Å². The first kappa shape index (κ1) is 31.1. The number of hydrogen-bond donors (Lipinski definition) is 2. The molecule has 0 spiro atoms. The van der Waals surface area contributed by atoms with Gasteiger partial charge in [-0.25, -0.2) is 9.97 Å². The molecule has 0 fully saturated rings. The van der Waals surface area contributed by atoms with E-state index >= 15 is 0 Å². The normalized spacial score (nSPS) is 11.9. The van der Waals surface area contributed by atoms with Crippen molar-refractivity contribution in [2.75, 3.05) is 0 Å². The van der Waals surface area contributed by atoms with E-state index in [1.165, 1.54) is 0 Å². The summed E-state index contributed by atoms with van der Waals surface area (Å²) < 4.78 is 13.5. The number of aromatic amines is 2. The van der Waals surface area contributed by atoms with E-state index in [9.17, 15) is 0 Å². The zero-order valence-electron chi connectivity index (χ0n) is 28.7. The standard InChI is InChI=1S/C46H34N4O2/c1-29-13-9-11-19-41(29)51-45-37-25-21-33(47-37)43(31-15-5-3-6-16-31)35-23-27-39(49-35)46(52-42-20-12-10-14-30(42)2)40-28-24-36(50-40)44(32-17-7-4-8-18-32)34-22-26-38(45)48-34/h3-28,47-48H,1-2H3. The molecule has 9 rings (SSSR count). The Kier molecular flexibility index (Phi) is 7.82. The van der Waals surface area contributed by atoms with Gasteiger partial charge in [-0.2, -0.15) is 0 Å². The lowest BCUT2D eigenvalue weighted by Gasteiger charge is -2.10. The molecule has 2 N–H and O–H groups in total. The van der Waals surface area contributed by atoms with E-state index in [1.807, 2.05) is 110 Å². The van der Waals surface area contributed by atoms with Gasteiger partial charge in [-0.3, -0.25) is 0 Å². The summed E-state index contributed by atoms with van der Waals surface area (Å²) in [6.45, 7) is 4.10. The molecule has 3 aromatic heterocycles. The summed E-state index contributed by atoms with van der Waals surface area (Å²) in [5.41, 5.74) is 12.5. The van der Waals surface area contributed by atoms with Gasteiger partial charge in [0.1, 0.15) is 22.9 Å². The van der Waals surface area contributed by atoms with Crippen LogP contribution in [0, 0.1) is 13.8 Å². The van der Waals surface area contributed by atoms with Crippen LogP contribution in [0.3, 0.4) is 0 Å². The minimum absolute atomic E-state index is 0.584. The molecule has 0 saturated carbocycles. The molecule has 52 heavy (non-hydrogen) atoms. The molecule has 0 amide bonds. The first-order valence-corrected chi connectivity index (χ1v) is 17.3. The second-order valence-electron chi connectivity index (χ2n) is 12.9. The van der Waals surface area contributed by atoms with Crippen LogP contribution in [0.2, 0.25) is 0 Å². The Bertz CT molecular complexity index is 2570. The van der Waals surface area contributed by atoms with Crippen molar-refractivity contribution in [1.82, 2.24) is 19.9 Å². The minimum atomic E-state index is 0.584. The Morgan fingerprint density at radius 2 is 0.769 bits per heavy atom. The first-order chi connectivity index (χ1) is 25.6. The van der Waals surface area contributed by atoms with Crippen LogP contribution in [0.4, 0.5) is 0 Å². The van der Waals surface area contributed by atoms with Crippen LogP contribution in [0.1, 0.15) is 33.9 Å². The number of H-pyrrole nitrogens is 2. The van der Waals surface area contributed by atoms with Gasteiger partial charge in [0.05, 0.1) is 22.4 Å². The third-order valence-corrected chi connectivity index (χ3v) is 9.39. The van der Waals surface area contributed by atoms with Crippen molar-refractivity contribution >= 4 is 46.4 Å². The van der Waals surface area contributed by atoms with Gasteiger partial charge in [0, 0.05) is 22.2 Å². The van der Waals surface area contributed by atoms with Crippen LogP contribution in [0.25, 0.3) is 68.6 Å². The number of benzene rings is 4. The molecular formula is C46H34N4O2. The quantitative estimate of drug-likeness (QED) is 0.184. The fourth-order valence-electron chi connectivity index (χ4n) is 6.75. The molecule has 2 aliphatic heterocycles. The Hall–Kier alpha value is -6.92. The number of fused-ring (bicyclic) bond motifs is 8. The van der Waals surface area contributed by atoms with Crippen LogP contribution < -0.4 is 9.47 Å². The summed E-state index contributed by atoms with van der Waals surface area (Å²) in [5.74, 6) is 2.79. The predicted molar refractivity (Wildman–Crippen MR) is 212 cm³/mol. The summed E-state index contributed by atoms with van der Waals surface area (Å²) in [5, 5.41) is 0. The molecule has 7 aromatic rings. The Morgan fingerprint density at radius 3 is 1.23 bits per heavy atom. The second kappa shape index (κ2) is 13.1. The van der Waals surface area contributed by atoms with E-state index in [-0.39, 0.29) is 0 Å². The van der Waals surface area contributed by atoms with Crippen LogP contribution >= 0.6 is 0 Å². The molecule has 250 valence electrons. The summed E-state index contributed by atoms with van der Waals surface area (Å²) in [7, 11) is 0. The van der Waals surface area contributed by atoms with Crippen molar-refractivity contribution in [1.29, 1.82) is 0 Å². The lowest BCUT2D eigenvalue weighted by molar-refractivity contribution is 0.473. The van der Waals surface area contributed by atoms with Crippen molar-refractivity contribution < 1.29 is 9.47 Å². The van der Waals surface area contributed by atoms with Gasteiger partial charge in [0.25, 0.3) is 0 Å². The molecule has 0 aliphatic carbocycles. The fraction of sp³-hybridized carbons (Fsp3) is 0.0435. The Labute approximate surface area is 301 Å². The number of hydrogen-bond acceptors (Lipinski definition) is 4. The summed E-state index contributed by atoms with van der Waals surface area (Å²) in [6.07, 6.45) is 8.13. The highest BCUT2D eigenvalue weighted by Crippen LogP contribution is 2.39. The summed E-state index contributed by atoms with van der Waals surface area (Å²) in [6, 6.07) is 45.0. The molecule has 0 unspecified atom stereocenters. The number of ether oxygens (including phenoxy) is 2. The maximum atomic E-state index is 6.79. The molecule has 6 nitrogen and oxygen atoms in total. The first-order valence-electron chi connectivity index (χ1n) is 17.3. The van der Waals surface area contributed by atoms with Crippen molar-refractivity contribution in [3.8, 4) is 45.3 Å². The molecule has 0 saturated heterocycles. The number of nitrogens with one attached hydrogen (secondary N) is 2. The topological polar surface area (TPSA) is 75.8 Å². The van der Waals surface area contributed by atoms with E-state index in [1.54, 1.807) is 0 Å². The Morgan fingerprint density at radius 1 is 0.385 bits per heavy atom. The van der Waals surface area contributed by atoms with Crippen LogP contribution in [0.15, 0.2) is 133 Å². The predicted octanol–water partition coefficient (Wildman–Crippen LogP) is 12.2. The number of nitrogens with zero attached hydrogens (tertiary/aromatic N) is 2. The van der Waals surface area contributed by atoms with Gasteiger partial charge in [0.2, 0.25) is 0 Å². The molecule has 6 heteroatoms. The minimum Gasteiger partial charge on any atom is -0.453 e. The zero-order chi connectivity index (χ0) is 35.0. The van der Waals surface area contributed by atoms with E-state index in [0.29, 0.717) is 22.9 Å². The van der Waals surface area contributed by atoms with E-state index < -0.39 is 0 Å². The largest absolute Gasteiger partial charge is 0.453 e. The summed E-state index contributed by atoms with van der Waals surface area (Å²) >= 11 is 0. The highest BCUT2D eigenvalue weighted by Gasteiger charge is 2.20. The molecule has 0 radical (unpaired) electrons. The lowest BCUT2D eigenvalue weighted by atomic mass is 10.0.